The number of imide groups is 1. The van der Waals surface area contributed by atoms with Crippen molar-refractivity contribution in [2.45, 2.75) is 19.9 Å². The Kier molecular flexibility index (Phi) is 3.57. The highest BCUT2D eigenvalue weighted by atomic mass is 16.5. The Morgan fingerprint density at radius 3 is 2.69 bits per heavy atom. The molecule has 0 saturated carbocycles. The van der Waals surface area contributed by atoms with Crippen molar-refractivity contribution in [1.29, 1.82) is 0 Å². The Bertz CT molecular complexity index is 962. The number of urea groups is 1. The van der Waals surface area contributed by atoms with Crippen molar-refractivity contribution >= 4 is 23.7 Å². The summed E-state index contributed by atoms with van der Waals surface area (Å²) >= 11 is 0. The number of nitrogens with zero attached hydrogens (tertiary/aromatic N) is 5. The Morgan fingerprint density at radius 2 is 2.00 bits per heavy atom. The minimum absolute atomic E-state index is 0.254. The Labute approximate surface area is 150 Å². The van der Waals surface area contributed by atoms with Crippen molar-refractivity contribution in [3.63, 3.8) is 0 Å². The minimum Gasteiger partial charge on any atom is -0.493 e. The number of benzene rings is 1. The molecule has 8 heteroatoms. The molecule has 26 heavy (non-hydrogen) atoms. The first kappa shape index (κ1) is 16.3. The highest BCUT2D eigenvalue weighted by molar-refractivity contribution is 6.19. The lowest BCUT2D eigenvalue weighted by Gasteiger charge is -2.32. The van der Waals surface area contributed by atoms with Crippen molar-refractivity contribution in [3.05, 3.63) is 36.2 Å². The van der Waals surface area contributed by atoms with Crippen LogP contribution in [0.1, 0.15) is 18.7 Å². The van der Waals surface area contributed by atoms with E-state index in [1.165, 1.54) is 9.80 Å². The van der Waals surface area contributed by atoms with Crippen molar-refractivity contribution in [2.75, 3.05) is 20.7 Å². The number of imidazole rings is 1. The van der Waals surface area contributed by atoms with Crippen LogP contribution in [0.2, 0.25) is 0 Å². The molecule has 4 rings (SSSR count). The number of amides is 3. The summed E-state index contributed by atoms with van der Waals surface area (Å²) in [5.41, 5.74) is 1.75. The average Bonchev–Trinajstić information content (AvgIpc) is 3.15. The molecule has 0 aliphatic carbocycles. The zero-order valence-electron chi connectivity index (χ0n) is 15.1. The van der Waals surface area contributed by atoms with Crippen molar-refractivity contribution in [1.82, 2.24) is 14.4 Å². The number of likely N-dealkylation sites (N-methyl/N-ethyl adjacent to an activating group) is 2. The number of aliphatic imine (C=N–C) groups is 1. The summed E-state index contributed by atoms with van der Waals surface area (Å²) in [6.07, 6.45) is 1.89. The number of hydrogen-bond donors (Lipinski definition) is 0. The molecule has 1 fully saturated rings. The zero-order valence-corrected chi connectivity index (χ0v) is 15.1. The van der Waals surface area contributed by atoms with Crippen LogP contribution < -0.4 is 9.30 Å². The van der Waals surface area contributed by atoms with Gasteiger partial charge in [0.1, 0.15) is 17.6 Å². The molecule has 3 heterocycles. The molecule has 2 aliphatic heterocycles. The fourth-order valence-electron chi connectivity index (χ4n) is 3.59. The number of para-hydroxylation sites is 2. The molecule has 0 spiro atoms. The van der Waals surface area contributed by atoms with E-state index >= 15 is 0 Å². The molecule has 0 bridgehead atoms. The molecule has 0 radical (unpaired) electrons. The van der Waals surface area contributed by atoms with Crippen LogP contribution in [0, 0.1) is 6.92 Å². The van der Waals surface area contributed by atoms with E-state index in [9.17, 15) is 9.59 Å². The summed E-state index contributed by atoms with van der Waals surface area (Å²) in [5.74, 6) is 1.49. The lowest BCUT2D eigenvalue weighted by atomic mass is 10.1. The Balaban J connectivity index is 1.92. The fraction of sp³-hybridized carbons (Fsp3) is 0.333. The van der Waals surface area contributed by atoms with E-state index in [4.69, 9.17) is 4.74 Å². The molecule has 1 saturated heterocycles. The Hall–Kier alpha value is -3.16. The van der Waals surface area contributed by atoms with Crippen LogP contribution in [0.4, 0.5) is 10.7 Å². The largest absolute Gasteiger partial charge is 0.493 e. The van der Waals surface area contributed by atoms with Crippen LogP contribution >= 0.6 is 0 Å². The molecule has 1 aromatic carbocycles. The predicted octanol–water partition coefficient (Wildman–Crippen LogP) is 1.58. The van der Waals surface area contributed by atoms with Gasteiger partial charge in [-0.2, -0.15) is 4.57 Å². The summed E-state index contributed by atoms with van der Waals surface area (Å²) in [4.78, 5) is 32.6. The molecule has 1 aromatic heterocycles. The third kappa shape index (κ3) is 2.01. The second-order valence-corrected chi connectivity index (χ2v) is 6.28. The number of amidine groups is 1. The molecule has 1 unspecified atom stereocenters. The topological polar surface area (TPSA) is 71.0 Å². The number of aryl methyl sites for hydroxylation is 1. The summed E-state index contributed by atoms with van der Waals surface area (Å²) in [6.45, 7) is 4.07. The number of carbonyl (C=O) groups is 2. The van der Waals surface area contributed by atoms with Gasteiger partial charge >= 0.3 is 12.0 Å². The standard InChI is InChI=1S/C18H20N5O3/c1-5-21-16(24)14-15(20(3)18(21)25)19-17-22(14)10-11(2)23(17)12-8-6-7-9-13(12)26-4/h6-10,14H,5H2,1-4H3/q+1. The molecular weight excluding hydrogens is 334 g/mol. The van der Waals surface area contributed by atoms with Crippen LogP contribution in [-0.4, -0.2) is 52.8 Å². The highest BCUT2D eigenvalue weighted by Crippen LogP contribution is 2.33. The van der Waals surface area contributed by atoms with Gasteiger partial charge in [-0.1, -0.05) is 17.1 Å². The maximum Gasteiger partial charge on any atom is 0.407 e. The molecule has 2 aromatic rings. The van der Waals surface area contributed by atoms with Gasteiger partial charge in [0, 0.05) is 13.6 Å². The third-order valence-electron chi connectivity index (χ3n) is 4.85. The molecule has 3 amide bonds. The molecule has 0 N–H and O–H groups in total. The first-order valence-corrected chi connectivity index (χ1v) is 8.44. The second-order valence-electron chi connectivity index (χ2n) is 6.28. The number of hydrogen-bond acceptors (Lipinski definition) is 4. The van der Waals surface area contributed by atoms with Gasteiger partial charge in [-0.25, -0.2) is 9.36 Å². The lowest BCUT2D eigenvalue weighted by molar-refractivity contribution is -0.676. The molecule has 134 valence electrons. The lowest BCUT2D eigenvalue weighted by Crippen LogP contribution is -2.62. The van der Waals surface area contributed by atoms with Crippen LogP contribution in [0.15, 0.2) is 35.5 Å². The third-order valence-corrected chi connectivity index (χ3v) is 4.85. The monoisotopic (exact) mass is 354 g/mol. The Morgan fingerprint density at radius 1 is 1.27 bits per heavy atom. The van der Waals surface area contributed by atoms with Crippen LogP contribution in [0.3, 0.4) is 0 Å². The fourth-order valence-corrected chi connectivity index (χ4v) is 3.59. The van der Waals surface area contributed by atoms with Gasteiger partial charge in [0.25, 0.3) is 5.91 Å². The quantitative estimate of drug-likeness (QED) is 0.786. The van der Waals surface area contributed by atoms with Crippen LogP contribution in [-0.2, 0) is 4.79 Å². The zero-order chi connectivity index (χ0) is 18.6. The van der Waals surface area contributed by atoms with Crippen molar-refractivity contribution in [3.8, 4) is 11.4 Å². The van der Waals surface area contributed by atoms with Crippen molar-refractivity contribution < 1.29 is 18.9 Å². The van der Waals surface area contributed by atoms with Gasteiger partial charge in [-0.15, -0.1) is 0 Å². The van der Waals surface area contributed by atoms with Gasteiger partial charge in [0.05, 0.1) is 7.11 Å². The molecule has 8 nitrogen and oxygen atoms in total. The van der Waals surface area contributed by atoms with Crippen LogP contribution in [0.5, 0.6) is 5.75 Å². The summed E-state index contributed by atoms with van der Waals surface area (Å²) in [7, 11) is 3.27. The minimum atomic E-state index is -0.623. The van der Waals surface area contributed by atoms with Gasteiger partial charge in [-0.3, -0.25) is 14.6 Å². The number of aromatic nitrogens is 2. The first-order valence-electron chi connectivity index (χ1n) is 8.44. The number of methoxy groups -OCH3 is 1. The van der Waals surface area contributed by atoms with E-state index in [0.29, 0.717) is 24.1 Å². The summed E-state index contributed by atoms with van der Waals surface area (Å²) < 4.78 is 9.24. The number of fused-ring (bicyclic) bond motifs is 3. The first-order chi connectivity index (χ1) is 12.5. The van der Waals surface area contributed by atoms with Gasteiger partial charge in [0.2, 0.25) is 11.9 Å². The van der Waals surface area contributed by atoms with E-state index in [2.05, 4.69) is 4.99 Å². The molecule has 2 aliphatic rings. The molecular formula is C18H20N5O3+. The van der Waals surface area contributed by atoms with E-state index in [0.717, 1.165) is 11.4 Å². The molecule has 1 atom stereocenters. The SMILES string of the molecule is CCN1C(=O)C2C(=Nc3n(-c4ccccc4OC)c(C)c[n+]32)N(C)C1=O. The van der Waals surface area contributed by atoms with Gasteiger partial charge < -0.3 is 4.74 Å². The summed E-state index contributed by atoms with van der Waals surface area (Å²) in [5, 5.41) is 0. The average molecular weight is 354 g/mol. The number of carbonyl (C=O) groups excluding carboxylic acids is 2. The van der Waals surface area contributed by atoms with E-state index in [1.54, 1.807) is 21.1 Å². The normalized spacial score (nSPS) is 18.8. The van der Waals surface area contributed by atoms with Gasteiger partial charge in [0.15, 0.2) is 5.75 Å². The predicted molar refractivity (Wildman–Crippen MR) is 93.9 cm³/mol. The van der Waals surface area contributed by atoms with E-state index in [1.807, 2.05) is 46.5 Å². The van der Waals surface area contributed by atoms with Crippen molar-refractivity contribution in [2.24, 2.45) is 4.99 Å². The highest BCUT2D eigenvalue weighted by Gasteiger charge is 2.53. The second kappa shape index (κ2) is 5.69. The summed E-state index contributed by atoms with van der Waals surface area (Å²) in [6, 6.07) is 6.66. The maximum absolute atomic E-state index is 12.9. The number of ether oxygens (including phenoxy) is 1. The smallest absolute Gasteiger partial charge is 0.407 e. The van der Waals surface area contributed by atoms with E-state index in [-0.39, 0.29) is 11.9 Å². The number of rotatable bonds is 3. The maximum atomic E-state index is 12.9. The van der Waals surface area contributed by atoms with E-state index < -0.39 is 6.04 Å². The van der Waals surface area contributed by atoms with Gasteiger partial charge in [-0.05, 0) is 26.0 Å². The van der Waals surface area contributed by atoms with Crippen LogP contribution in [0.25, 0.3) is 5.69 Å².